The summed E-state index contributed by atoms with van der Waals surface area (Å²) in [5, 5.41) is 9.26. The number of aryl methyl sites for hydroxylation is 2. The maximum absolute atomic E-state index is 11.9. The van der Waals surface area contributed by atoms with Crippen molar-refractivity contribution in [2.75, 3.05) is 30.3 Å². The third-order valence-electron chi connectivity index (χ3n) is 3.96. The van der Waals surface area contributed by atoms with Gasteiger partial charge in [-0.2, -0.15) is 0 Å². The molecule has 1 fully saturated rings. The van der Waals surface area contributed by atoms with Gasteiger partial charge in [0.1, 0.15) is 29.4 Å². The van der Waals surface area contributed by atoms with Crippen LogP contribution in [0, 0.1) is 13.8 Å². The van der Waals surface area contributed by atoms with E-state index in [0.717, 1.165) is 24.2 Å². The topological polar surface area (TPSA) is 101 Å². The van der Waals surface area contributed by atoms with Crippen molar-refractivity contribution >= 4 is 23.4 Å². The van der Waals surface area contributed by atoms with Gasteiger partial charge in [-0.05, 0) is 44.4 Å². The third kappa shape index (κ3) is 5.13. The third-order valence-corrected chi connectivity index (χ3v) is 3.96. The van der Waals surface area contributed by atoms with Crippen molar-refractivity contribution in [3.63, 3.8) is 0 Å². The molecule has 1 aliphatic rings. The van der Waals surface area contributed by atoms with Crippen LogP contribution in [0.4, 0.5) is 17.5 Å². The van der Waals surface area contributed by atoms with Crippen molar-refractivity contribution < 1.29 is 9.53 Å². The monoisotopic (exact) mass is 356 g/mol. The smallest absolute Gasteiger partial charge is 0.249 e. The van der Waals surface area contributed by atoms with Crippen LogP contribution < -0.4 is 16.0 Å². The van der Waals surface area contributed by atoms with Crippen molar-refractivity contribution in [2.45, 2.75) is 32.8 Å². The fraction of sp³-hybridized carbons (Fsp3) is 0.444. The predicted octanol–water partition coefficient (Wildman–Crippen LogP) is 1.94. The van der Waals surface area contributed by atoms with Gasteiger partial charge in [-0.25, -0.2) is 15.0 Å². The molecular formula is C18H24N6O2. The number of aromatic nitrogens is 3. The molecule has 8 nitrogen and oxygen atoms in total. The Morgan fingerprint density at radius 3 is 2.81 bits per heavy atom. The molecule has 0 bridgehead atoms. The van der Waals surface area contributed by atoms with Gasteiger partial charge in [-0.3, -0.25) is 4.79 Å². The summed E-state index contributed by atoms with van der Waals surface area (Å²) in [6.45, 7) is 5.58. The molecule has 3 rings (SSSR count). The highest BCUT2D eigenvalue weighted by Crippen LogP contribution is 2.16. The number of amides is 1. The number of nitrogens with one attached hydrogen (secondary N) is 3. The minimum atomic E-state index is -0.297. The molecule has 138 valence electrons. The van der Waals surface area contributed by atoms with Crippen LogP contribution in [-0.2, 0) is 9.53 Å². The summed E-state index contributed by atoms with van der Waals surface area (Å²) >= 11 is 0. The Morgan fingerprint density at radius 1 is 1.19 bits per heavy atom. The van der Waals surface area contributed by atoms with E-state index in [9.17, 15) is 4.79 Å². The number of carbonyl (C=O) groups excluding carboxylic acids is 1. The number of anilines is 3. The van der Waals surface area contributed by atoms with Gasteiger partial charge in [0.2, 0.25) is 5.91 Å². The fourth-order valence-electron chi connectivity index (χ4n) is 2.73. The van der Waals surface area contributed by atoms with Crippen LogP contribution in [0.15, 0.2) is 24.4 Å². The summed E-state index contributed by atoms with van der Waals surface area (Å²) in [6, 6.07) is 5.71. The van der Waals surface area contributed by atoms with Gasteiger partial charge >= 0.3 is 0 Å². The van der Waals surface area contributed by atoms with Crippen LogP contribution in [-0.4, -0.2) is 46.7 Å². The number of carbonyl (C=O) groups is 1. The molecule has 3 N–H and O–H groups in total. The van der Waals surface area contributed by atoms with E-state index < -0.39 is 0 Å². The molecule has 0 radical (unpaired) electrons. The second-order valence-corrected chi connectivity index (χ2v) is 6.25. The summed E-state index contributed by atoms with van der Waals surface area (Å²) < 4.78 is 5.36. The summed E-state index contributed by atoms with van der Waals surface area (Å²) in [6.07, 6.45) is 3.20. The first-order valence-corrected chi connectivity index (χ1v) is 8.79. The summed E-state index contributed by atoms with van der Waals surface area (Å²) in [4.78, 5) is 24.9. The zero-order chi connectivity index (χ0) is 18.4. The zero-order valence-electron chi connectivity index (χ0n) is 15.1. The molecule has 2 aromatic rings. The lowest BCUT2D eigenvalue weighted by Gasteiger charge is -2.12. The molecule has 1 unspecified atom stereocenters. The number of hydrogen-bond donors (Lipinski definition) is 3. The fourth-order valence-corrected chi connectivity index (χ4v) is 2.73. The number of pyridine rings is 1. The normalized spacial score (nSPS) is 16.3. The van der Waals surface area contributed by atoms with Crippen LogP contribution in [0.5, 0.6) is 0 Å². The van der Waals surface area contributed by atoms with Crippen molar-refractivity contribution in [2.24, 2.45) is 0 Å². The van der Waals surface area contributed by atoms with Crippen molar-refractivity contribution in [1.82, 2.24) is 20.3 Å². The highest BCUT2D eigenvalue weighted by atomic mass is 16.5. The molecular weight excluding hydrogens is 332 g/mol. The standard InChI is InChI=1S/C18H24N6O2/c1-12-5-6-19-15(10-12)24-17-11-16(22-13(2)23-17)20-7-8-21-18(25)14-4-3-9-26-14/h5-6,10-11,14H,3-4,7-9H2,1-2H3,(H,21,25)(H2,19,20,22,23,24). The van der Waals surface area contributed by atoms with Gasteiger partial charge in [-0.1, -0.05) is 0 Å². The lowest BCUT2D eigenvalue weighted by Crippen LogP contribution is -2.36. The number of hydrogen-bond acceptors (Lipinski definition) is 7. The van der Waals surface area contributed by atoms with Gasteiger partial charge in [0.15, 0.2) is 0 Å². The molecule has 3 heterocycles. The van der Waals surface area contributed by atoms with Crippen molar-refractivity contribution in [1.29, 1.82) is 0 Å². The molecule has 0 aromatic carbocycles. The first kappa shape index (κ1) is 18.1. The van der Waals surface area contributed by atoms with Gasteiger partial charge in [0.25, 0.3) is 0 Å². The van der Waals surface area contributed by atoms with E-state index in [1.165, 1.54) is 0 Å². The first-order chi connectivity index (χ1) is 12.6. The second kappa shape index (κ2) is 8.57. The maximum Gasteiger partial charge on any atom is 0.249 e. The van der Waals surface area contributed by atoms with E-state index in [0.29, 0.717) is 37.2 Å². The highest BCUT2D eigenvalue weighted by molar-refractivity contribution is 5.80. The van der Waals surface area contributed by atoms with Crippen LogP contribution in [0.1, 0.15) is 24.2 Å². The average molecular weight is 356 g/mol. The SMILES string of the molecule is Cc1ccnc(Nc2cc(NCCNC(=O)C3CCCO3)nc(C)n2)c1. The van der Waals surface area contributed by atoms with Crippen molar-refractivity contribution in [3.8, 4) is 0 Å². The molecule has 1 saturated heterocycles. The number of rotatable bonds is 7. The van der Waals surface area contributed by atoms with Crippen molar-refractivity contribution in [3.05, 3.63) is 35.8 Å². The quantitative estimate of drug-likeness (QED) is 0.652. The molecule has 26 heavy (non-hydrogen) atoms. The molecule has 0 spiro atoms. The predicted molar refractivity (Wildman–Crippen MR) is 99.5 cm³/mol. The Labute approximate surface area is 152 Å². The Kier molecular flexibility index (Phi) is 5.96. The van der Waals surface area contributed by atoms with E-state index >= 15 is 0 Å². The van der Waals surface area contributed by atoms with Crippen LogP contribution in [0.3, 0.4) is 0 Å². The molecule has 0 saturated carbocycles. The van der Waals surface area contributed by atoms with E-state index in [4.69, 9.17) is 4.74 Å². The summed E-state index contributed by atoms with van der Waals surface area (Å²) in [5.74, 6) is 2.70. The first-order valence-electron chi connectivity index (χ1n) is 8.79. The van der Waals surface area contributed by atoms with E-state index in [-0.39, 0.29) is 12.0 Å². The molecule has 2 aromatic heterocycles. The van der Waals surface area contributed by atoms with Gasteiger partial charge in [0.05, 0.1) is 0 Å². The molecule has 8 heteroatoms. The van der Waals surface area contributed by atoms with E-state index in [1.54, 1.807) is 6.20 Å². The Balaban J connectivity index is 1.51. The van der Waals surface area contributed by atoms with E-state index in [2.05, 4.69) is 30.9 Å². The molecule has 1 amide bonds. The minimum absolute atomic E-state index is 0.0453. The van der Waals surface area contributed by atoms with Gasteiger partial charge in [0, 0.05) is 32.0 Å². The minimum Gasteiger partial charge on any atom is -0.368 e. The lowest BCUT2D eigenvalue weighted by molar-refractivity contribution is -0.129. The van der Waals surface area contributed by atoms with Gasteiger partial charge < -0.3 is 20.7 Å². The molecule has 0 aliphatic carbocycles. The largest absolute Gasteiger partial charge is 0.368 e. The Bertz CT molecular complexity index is 761. The van der Waals surface area contributed by atoms with Crippen LogP contribution in [0.25, 0.3) is 0 Å². The van der Waals surface area contributed by atoms with Crippen LogP contribution in [0.2, 0.25) is 0 Å². The van der Waals surface area contributed by atoms with E-state index in [1.807, 2.05) is 32.0 Å². The number of ether oxygens (including phenoxy) is 1. The molecule has 1 aliphatic heterocycles. The van der Waals surface area contributed by atoms with Crippen LogP contribution >= 0.6 is 0 Å². The summed E-state index contributed by atoms with van der Waals surface area (Å²) in [5.41, 5.74) is 1.12. The maximum atomic E-state index is 11.9. The second-order valence-electron chi connectivity index (χ2n) is 6.25. The number of nitrogens with zero attached hydrogens (tertiary/aromatic N) is 3. The highest BCUT2D eigenvalue weighted by Gasteiger charge is 2.22. The average Bonchev–Trinajstić information content (AvgIpc) is 3.13. The Hall–Kier alpha value is -2.74. The lowest BCUT2D eigenvalue weighted by atomic mass is 10.2. The zero-order valence-corrected chi connectivity index (χ0v) is 15.1. The summed E-state index contributed by atoms with van der Waals surface area (Å²) in [7, 11) is 0. The molecule has 1 atom stereocenters. The Morgan fingerprint density at radius 2 is 2.04 bits per heavy atom. The van der Waals surface area contributed by atoms with Gasteiger partial charge in [-0.15, -0.1) is 0 Å².